The molecule has 0 bridgehead atoms. The van der Waals surface area contributed by atoms with Crippen LogP contribution >= 0.6 is 0 Å². The molecular formula is C13H19N3O2. The van der Waals surface area contributed by atoms with E-state index in [0.29, 0.717) is 16.9 Å². The molecule has 5 heteroatoms. The fraction of sp³-hybridized carbons (Fsp3) is 0.462. The van der Waals surface area contributed by atoms with E-state index in [-0.39, 0.29) is 0 Å². The van der Waals surface area contributed by atoms with Gasteiger partial charge in [-0.1, -0.05) is 0 Å². The number of nitrogen functional groups attached to an aromatic ring is 2. The largest absolute Gasteiger partial charge is 0.465 e. The van der Waals surface area contributed by atoms with Crippen LogP contribution in [0.3, 0.4) is 0 Å². The summed E-state index contributed by atoms with van der Waals surface area (Å²) in [5.74, 6) is -0.446. The number of methoxy groups -OCH3 is 1. The molecule has 4 N–H and O–H groups in total. The van der Waals surface area contributed by atoms with Crippen LogP contribution in [0.15, 0.2) is 12.1 Å². The SMILES string of the molecule is COC(=O)c1cc(N2CCCCC2)cc(N)c1N. The minimum atomic E-state index is -0.446. The van der Waals surface area contributed by atoms with Crippen LogP contribution in [0.5, 0.6) is 0 Å². The lowest BCUT2D eigenvalue weighted by Crippen LogP contribution is -2.29. The van der Waals surface area contributed by atoms with Gasteiger partial charge in [0.1, 0.15) is 0 Å². The summed E-state index contributed by atoms with van der Waals surface area (Å²) in [5.41, 5.74) is 13.7. The molecule has 0 spiro atoms. The maximum Gasteiger partial charge on any atom is 0.340 e. The van der Waals surface area contributed by atoms with Crippen LogP contribution in [-0.4, -0.2) is 26.2 Å². The summed E-state index contributed by atoms with van der Waals surface area (Å²) >= 11 is 0. The molecule has 0 radical (unpaired) electrons. The molecule has 18 heavy (non-hydrogen) atoms. The lowest BCUT2D eigenvalue weighted by molar-refractivity contribution is 0.0602. The second-order valence-electron chi connectivity index (χ2n) is 4.54. The first-order chi connectivity index (χ1) is 8.63. The summed E-state index contributed by atoms with van der Waals surface area (Å²) in [6.07, 6.45) is 3.58. The normalized spacial score (nSPS) is 15.5. The molecule has 0 aromatic heterocycles. The van der Waals surface area contributed by atoms with E-state index in [1.54, 1.807) is 6.07 Å². The molecule has 0 aliphatic carbocycles. The molecule has 1 fully saturated rings. The Morgan fingerprint density at radius 3 is 2.50 bits per heavy atom. The van der Waals surface area contributed by atoms with E-state index in [0.717, 1.165) is 31.6 Å². The van der Waals surface area contributed by atoms with Crippen molar-refractivity contribution in [1.82, 2.24) is 0 Å². The average molecular weight is 249 g/mol. The van der Waals surface area contributed by atoms with E-state index in [4.69, 9.17) is 16.2 Å². The number of nitrogens with two attached hydrogens (primary N) is 2. The van der Waals surface area contributed by atoms with Crippen molar-refractivity contribution in [1.29, 1.82) is 0 Å². The summed E-state index contributed by atoms with van der Waals surface area (Å²) < 4.78 is 4.72. The standard InChI is InChI=1S/C13H19N3O2/c1-18-13(17)10-7-9(8-11(14)12(10)15)16-5-3-2-4-6-16/h7-8H,2-6,14-15H2,1H3. The van der Waals surface area contributed by atoms with Crippen LogP contribution < -0.4 is 16.4 Å². The van der Waals surface area contributed by atoms with Crippen molar-refractivity contribution in [2.24, 2.45) is 0 Å². The molecule has 1 aliphatic rings. The Balaban J connectivity index is 2.36. The van der Waals surface area contributed by atoms with Crippen molar-refractivity contribution in [3.8, 4) is 0 Å². The highest BCUT2D eigenvalue weighted by Gasteiger charge is 2.18. The fourth-order valence-corrected chi connectivity index (χ4v) is 2.27. The topological polar surface area (TPSA) is 81.6 Å². The second kappa shape index (κ2) is 5.16. The van der Waals surface area contributed by atoms with Crippen LogP contribution in [0.1, 0.15) is 29.6 Å². The van der Waals surface area contributed by atoms with Crippen molar-refractivity contribution in [3.05, 3.63) is 17.7 Å². The maximum atomic E-state index is 11.6. The molecule has 1 aromatic rings. The fourth-order valence-electron chi connectivity index (χ4n) is 2.27. The van der Waals surface area contributed by atoms with Crippen molar-refractivity contribution < 1.29 is 9.53 Å². The molecule has 2 rings (SSSR count). The number of nitrogens with zero attached hydrogens (tertiary/aromatic N) is 1. The van der Waals surface area contributed by atoms with E-state index < -0.39 is 5.97 Å². The van der Waals surface area contributed by atoms with Gasteiger partial charge in [0, 0.05) is 18.8 Å². The summed E-state index contributed by atoms with van der Waals surface area (Å²) in [6.45, 7) is 1.98. The number of hydrogen-bond acceptors (Lipinski definition) is 5. The quantitative estimate of drug-likeness (QED) is 0.615. The Kier molecular flexibility index (Phi) is 3.60. The van der Waals surface area contributed by atoms with Crippen LogP contribution in [0.2, 0.25) is 0 Å². The number of piperidine rings is 1. The van der Waals surface area contributed by atoms with E-state index >= 15 is 0 Å². The number of carbonyl (C=O) groups excluding carboxylic acids is 1. The molecular weight excluding hydrogens is 230 g/mol. The number of ether oxygens (including phenoxy) is 1. The Hall–Kier alpha value is -1.91. The van der Waals surface area contributed by atoms with Gasteiger partial charge in [-0.15, -0.1) is 0 Å². The Morgan fingerprint density at radius 2 is 1.89 bits per heavy atom. The lowest BCUT2D eigenvalue weighted by Gasteiger charge is -2.29. The van der Waals surface area contributed by atoms with Gasteiger partial charge in [-0.05, 0) is 31.4 Å². The summed E-state index contributed by atoms with van der Waals surface area (Å²) in [7, 11) is 1.34. The van der Waals surface area contributed by atoms with Crippen LogP contribution in [0.4, 0.5) is 17.1 Å². The Labute approximate surface area is 107 Å². The van der Waals surface area contributed by atoms with Gasteiger partial charge in [0.2, 0.25) is 0 Å². The third-order valence-electron chi connectivity index (χ3n) is 3.32. The number of esters is 1. The summed E-state index contributed by atoms with van der Waals surface area (Å²) in [6, 6.07) is 3.59. The van der Waals surface area contributed by atoms with Crippen LogP contribution in [0, 0.1) is 0 Å². The van der Waals surface area contributed by atoms with Crippen molar-refractivity contribution >= 4 is 23.0 Å². The molecule has 1 saturated heterocycles. The van der Waals surface area contributed by atoms with Crippen molar-refractivity contribution in [2.45, 2.75) is 19.3 Å². The zero-order chi connectivity index (χ0) is 13.1. The minimum Gasteiger partial charge on any atom is -0.465 e. The molecule has 5 nitrogen and oxygen atoms in total. The van der Waals surface area contributed by atoms with E-state index in [1.165, 1.54) is 13.5 Å². The van der Waals surface area contributed by atoms with E-state index in [2.05, 4.69) is 4.90 Å². The van der Waals surface area contributed by atoms with Gasteiger partial charge in [0.25, 0.3) is 0 Å². The third kappa shape index (κ3) is 2.34. The highest BCUT2D eigenvalue weighted by molar-refractivity contribution is 5.99. The predicted octanol–water partition coefficient (Wildman–Crippen LogP) is 1.63. The summed E-state index contributed by atoms with van der Waals surface area (Å²) in [5, 5.41) is 0. The zero-order valence-corrected chi connectivity index (χ0v) is 10.6. The Morgan fingerprint density at radius 1 is 1.22 bits per heavy atom. The molecule has 0 unspecified atom stereocenters. The van der Waals surface area contributed by atoms with Gasteiger partial charge >= 0.3 is 5.97 Å². The first-order valence-corrected chi connectivity index (χ1v) is 6.15. The Bertz CT molecular complexity index is 454. The second-order valence-corrected chi connectivity index (χ2v) is 4.54. The minimum absolute atomic E-state index is 0.294. The van der Waals surface area contributed by atoms with Gasteiger partial charge in [0.15, 0.2) is 0 Å². The predicted molar refractivity (Wildman–Crippen MR) is 72.7 cm³/mol. The zero-order valence-electron chi connectivity index (χ0n) is 10.6. The number of anilines is 3. The van der Waals surface area contributed by atoms with Gasteiger partial charge in [0.05, 0.1) is 24.0 Å². The average Bonchev–Trinajstić information content (AvgIpc) is 2.41. The third-order valence-corrected chi connectivity index (χ3v) is 3.32. The van der Waals surface area contributed by atoms with Crippen LogP contribution in [-0.2, 0) is 4.74 Å². The number of rotatable bonds is 2. The summed E-state index contributed by atoms with van der Waals surface area (Å²) in [4.78, 5) is 13.9. The maximum absolute atomic E-state index is 11.6. The van der Waals surface area contributed by atoms with Crippen molar-refractivity contribution in [3.63, 3.8) is 0 Å². The number of benzene rings is 1. The van der Waals surface area contributed by atoms with E-state index in [1.807, 2.05) is 6.07 Å². The first-order valence-electron chi connectivity index (χ1n) is 6.15. The molecule has 0 saturated carbocycles. The molecule has 0 amide bonds. The smallest absolute Gasteiger partial charge is 0.340 e. The monoisotopic (exact) mass is 249 g/mol. The van der Waals surface area contributed by atoms with Crippen LogP contribution in [0.25, 0.3) is 0 Å². The molecule has 98 valence electrons. The number of hydrogen-bond donors (Lipinski definition) is 2. The van der Waals surface area contributed by atoms with Gasteiger partial charge in [-0.2, -0.15) is 0 Å². The molecule has 1 heterocycles. The van der Waals surface area contributed by atoms with E-state index in [9.17, 15) is 4.79 Å². The molecule has 1 aromatic carbocycles. The number of carbonyl (C=O) groups is 1. The highest BCUT2D eigenvalue weighted by atomic mass is 16.5. The first kappa shape index (κ1) is 12.5. The molecule has 0 atom stereocenters. The van der Waals surface area contributed by atoms with Gasteiger partial charge in [-0.25, -0.2) is 4.79 Å². The van der Waals surface area contributed by atoms with Gasteiger partial charge < -0.3 is 21.1 Å². The highest BCUT2D eigenvalue weighted by Crippen LogP contribution is 2.29. The van der Waals surface area contributed by atoms with Crippen molar-refractivity contribution in [2.75, 3.05) is 36.6 Å². The van der Waals surface area contributed by atoms with Gasteiger partial charge in [-0.3, -0.25) is 0 Å². The lowest BCUT2D eigenvalue weighted by atomic mass is 10.1. The molecule has 1 aliphatic heterocycles.